The second-order valence-corrected chi connectivity index (χ2v) is 8.07. The van der Waals surface area contributed by atoms with E-state index in [-0.39, 0.29) is 5.91 Å². The van der Waals surface area contributed by atoms with Gasteiger partial charge in [0.2, 0.25) is 0 Å². The minimum Gasteiger partial charge on any atom is -0.383 e. The molecule has 0 bridgehead atoms. The quantitative estimate of drug-likeness (QED) is 0.836. The molecule has 6 nitrogen and oxygen atoms in total. The number of ether oxygens (including phenoxy) is 1. The summed E-state index contributed by atoms with van der Waals surface area (Å²) in [4.78, 5) is 17.4. The smallest absolute Gasteiger partial charge is 0.259 e. The number of likely N-dealkylation sites (tertiary alicyclic amines) is 2. The van der Waals surface area contributed by atoms with Crippen molar-refractivity contribution in [2.45, 2.75) is 59.0 Å². The van der Waals surface area contributed by atoms with Crippen molar-refractivity contribution in [3.05, 3.63) is 17.0 Å². The Hall–Kier alpha value is -1.40. The van der Waals surface area contributed by atoms with Crippen LogP contribution in [-0.2, 0) is 4.74 Å². The zero-order valence-electron chi connectivity index (χ0n) is 16.2. The van der Waals surface area contributed by atoms with Gasteiger partial charge in [-0.15, -0.1) is 0 Å². The summed E-state index contributed by atoms with van der Waals surface area (Å²) in [5, 5.41) is 3.92. The third-order valence-corrected chi connectivity index (χ3v) is 6.04. The van der Waals surface area contributed by atoms with Crippen LogP contribution >= 0.6 is 0 Å². The van der Waals surface area contributed by atoms with Crippen molar-refractivity contribution in [2.24, 2.45) is 5.41 Å². The number of aryl methyl sites for hydroxylation is 2. The summed E-state index contributed by atoms with van der Waals surface area (Å²) < 4.78 is 10.6. The topological polar surface area (TPSA) is 58.8 Å². The highest BCUT2D eigenvalue weighted by atomic mass is 16.5. The summed E-state index contributed by atoms with van der Waals surface area (Å²) in [5.41, 5.74) is 1.65. The van der Waals surface area contributed by atoms with Gasteiger partial charge in [-0.1, -0.05) is 5.16 Å². The Morgan fingerprint density at radius 1 is 1.36 bits per heavy atom. The molecule has 2 fully saturated rings. The number of carbonyl (C=O) groups excluding carboxylic acids is 1. The Morgan fingerprint density at radius 3 is 2.56 bits per heavy atom. The SMILES string of the molecule is COCC1CC2(CCN(C(=O)c3c(C)noc3C)CC2)CN1C(C)C. The first-order chi connectivity index (χ1) is 11.9. The van der Waals surface area contributed by atoms with E-state index in [0.717, 1.165) is 39.1 Å². The maximum atomic E-state index is 12.8. The van der Waals surface area contributed by atoms with E-state index in [1.54, 1.807) is 7.11 Å². The molecular formula is C19H31N3O3. The van der Waals surface area contributed by atoms with Crippen LogP contribution < -0.4 is 0 Å². The van der Waals surface area contributed by atoms with E-state index in [1.165, 1.54) is 6.42 Å². The maximum Gasteiger partial charge on any atom is 0.259 e. The van der Waals surface area contributed by atoms with Gasteiger partial charge >= 0.3 is 0 Å². The number of methoxy groups -OCH3 is 1. The average molecular weight is 349 g/mol. The highest BCUT2D eigenvalue weighted by Crippen LogP contribution is 2.44. The number of rotatable bonds is 4. The number of nitrogens with zero attached hydrogens (tertiary/aromatic N) is 3. The van der Waals surface area contributed by atoms with Gasteiger partial charge in [0.15, 0.2) is 0 Å². The molecule has 0 aromatic carbocycles. The lowest BCUT2D eigenvalue weighted by molar-refractivity contribution is 0.0579. The summed E-state index contributed by atoms with van der Waals surface area (Å²) in [5.74, 6) is 0.688. The maximum absolute atomic E-state index is 12.8. The first-order valence-electron chi connectivity index (χ1n) is 9.34. The fourth-order valence-electron chi connectivity index (χ4n) is 4.64. The van der Waals surface area contributed by atoms with Gasteiger partial charge in [-0.3, -0.25) is 9.69 Å². The molecule has 1 spiro atoms. The van der Waals surface area contributed by atoms with Gasteiger partial charge in [0.25, 0.3) is 5.91 Å². The van der Waals surface area contributed by atoms with Crippen LogP contribution in [0.15, 0.2) is 4.52 Å². The van der Waals surface area contributed by atoms with Crippen molar-refractivity contribution in [1.82, 2.24) is 15.0 Å². The minimum atomic E-state index is 0.0678. The van der Waals surface area contributed by atoms with Crippen LogP contribution in [0.3, 0.4) is 0 Å². The molecule has 3 heterocycles. The number of aromatic nitrogens is 1. The van der Waals surface area contributed by atoms with E-state index in [2.05, 4.69) is 23.9 Å². The minimum absolute atomic E-state index is 0.0678. The Kier molecular flexibility index (Phi) is 5.21. The highest BCUT2D eigenvalue weighted by molar-refractivity contribution is 5.96. The Balaban J connectivity index is 1.66. The third-order valence-electron chi connectivity index (χ3n) is 6.04. The van der Waals surface area contributed by atoms with Crippen LogP contribution in [0.5, 0.6) is 0 Å². The summed E-state index contributed by atoms with van der Waals surface area (Å²) >= 11 is 0. The van der Waals surface area contributed by atoms with Crippen LogP contribution in [0.25, 0.3) is 0 Å². The van der Waals surface area contributed by atoms with Gasteiger partial charge in [0, 0.05) is 38.8 Å². The summed E-state index contributed by atoms with van der Waals surface area (Å²) in [6.07, 6.45) is 3.30. The Bertz CT molecular complexity index is 598. The largest absolute Gasteiger partial charge is 0.383 e. The van der Waals surface area contributed by atoms with Gasteiger partial charge in [-0.2, -0.15) is 0 Å². The number of hydrogen-bond donors (Lipinski definition) is 0. The molecule has 1 aromatic heterocycles. The molecule has 2 aliphatic heterocycles. The highest BCUT2D eigenvalue weighted by Gasteiger charge is 2.46. The van der Waals surface area contributed by atoms with E-state index >= 15 is 0 Å². The normalized spacial score (nSPS) is 23.8. The fraction of sp³-hybridized carbons (Fsp3) is 0.789. The average Bonchev–Trinajstić information content (AvgIpc) is 3.09. The van der Waals surface area contributed by atoms with Crippen molar-refractivity contribution in [2.75, 3.05) is 33.4 Å². The molecule has 0 saturated carbocycles. The van der Waals surface area contributed by atoms with Crippen LogP contribution in [-0.4, -0.2) is 66.3 Å². The molecule has 1 atom stereocenters. The number of amides is 1. The van der Waals surface area contributed by atoms with Gasteiger partial charge in [-0.05, 0) is 52.4 Å². The second kappa shape index (κ2) is 7.08. The lowest BCUT2D eigenvalue weighted by Gasteiger charge is -2.39. The summed E-state index contributed by atoms with van der Waals surface area (Å²) in [6, 6.07) is 1.02. The predicted octanol–water partition coefficient (Wildman–Crippen LogP) is 2.64. The van der Waals surface area contributed by atoms with Crippen molar-refractivity contribution >= 4 is 5.91 Å². The summed E-state index contributed by atoms with van der Waals surface area (Å²) in [6.45, 7) is 11.7. The molecule has 0 N–H and O–H groups in total. The monoisotopic (exact) mass is 349 g/mol. The molecule has 3 rings (SSSR count). The van der Waals surface area contributed by atoms with Crippen LogP contribution in [0.2, 0.25) is 0 Å². The van der Waals surface area contributed by atoms with Crippen molar-refractivity contribution < 1.29 is 14.1 Å². The fourth-order valence-corrected chi connectivity index (χ4v) is 4.64. The molecule has 2 saturated heterocycles. The van der Waals surface area contributed by atoms with Gasteiger partial charge in [-0.25, -0.2) is 0 Å². The second-order valence-electron chi connectivity index (χ2n) is 8.07. The molecule has 1 aromatic rings. The number of piperidine rings is 1. The summed E-state index contributed by atoms with van der Waals surface area (Å²) in [7, 11) is 1.79. The van der Waals surface area contributed by atoms with Crippen LogP contribution in [0.4, 0.5) is 0 Å². The molecule has 0 aliphatic carbocycles. The van der Waals surface area contributed by atoms with Crippen LogP contribution in [0.1, 0.15) is 54.9 Å². The third kappa shape index (κ3) is 3.47. The molecule has 1 amide bonds. The Morgan fingerprint density at radius 2 is 2.04 bits per heavy atom. The van der Waals surface area contributed by atoms with Crippen molar-refractivity contribution in [1.29, 1.82) is 0 Å². The van der Waals surface area contributed by atoms with E-state index in [0.29, 0.717) is 34.5 Å². The Labute approximate surface area is 150 Å². The molecule has 25 heavy (non-hydrogen) atoms. The van der Waals surface area contributed by atoms with Gasteiger partial charge < -0.3 is 14.2 Å². The predicted molar refractivity (Wildman–Crippen MR) is 95.7 cm³/mol. The molecule has 1 unspecified atom stereocenters. The van der Waals surface area contributed by atoms with Gasteiger partial charge in [0.1, 0.15) is 11.3 Å². The van der Waals surface area contributed by atoms with Gasteiger partial charge in [0.05, 0.1) is 12.3 Å². The lowest BCUT2D eigenvalue weighted by atomic mass is 9.76. The van der Waals surface area contributed by atoms with Crippen LogP contribution in [0, 0.1) is 19.3 Å². The van der Waals surface area contributed by atoms with E-state index < -0.39 is 0 Å². The van der Waals surface area contributed by atoms with E-state index in [9.17, 15) is 4.79 Å². The van der Waals surface area contributed by atoms with E-state index in [4.69, 9.17) is 9.26 Å². The first-order valence-corrected chi connectivity index (χ1v) is 9.34. The zero-order chi connectivity index (χ0) is 18.2. The zero-order valence-corrected chi connectivity index (χ0v) is 16.2. The lowest BCUT2D eigenvalue weighted by Crippen LogP contribution is -2.45. The number of carbonyl (C=O) groups is 1. The van der Waals surface area contributed by atoms with Crippen molar-refractivity contribution in [3.63, 3.8) is 0 Å². The molecule has 6 heteroatoms. The van der Waals surface area contributed by atoms with E-state index in [1.807, 2.05) is 18.7 Å². The molecule has 2 aliphatic rings. The standard InChI is InChI=1S/C19H31N3O3/c1-13(2)22-12-19(10-16(22)11-24-5)6-8-21(9-7-19)18(23)17-14(3)20-25-15(17)4/h13,16H,6-12H2,1-5H3. The number of hydrogen-bond acceptors (Lipinski definition) is 5. The molecule has 0 radical (unpaired) electrons. The molecular weight excluding hydrogens is 318 g/mol. The first kappa shape index (κ1) is 18.4. The molecule has 140 valence electrons. The van der Waals surface area contributed by atoms with Crippen molar-refractivity contribution in [3.8, 4) is 0 Å².